The van der Waals surface area contributed by atoms with Crippen molar-refractivity contribution in [3.05, 3.63) is 35.0 Å². The summed E-state index contributed by atoms with van der Waals surface area (Å²) >= 11 is 0. The molecule has 0 aromatic heterocycles. The lowest BCUT2D eigenvalue weighted by Gasteiger charge is -2.19. The molecule has 0 saturated carbocycles. The maximum atomic E-state index is 12.0. The Hall–Kier alpha value is -3.03. The number of benzene rings is 1. The Morgan fingerprint density at radius 2 is 1.81 bits per heavy atom. The lowest BCUT2D eigenvalue weighted by molar-refractivity contribution is -0.136. The molecule has 172 valence electrons. The van der Waals surface area contributed by atoms with Crippen molar-refractivity contribution in [3.63, 3.8) is 0 Å². The van der Waals surface area contributed by atoms with E-state index in [9.17, 15) is 14.4 Å². The summed E-state index contributed by atoms with van der Waals surface area (Å²) in [5.74, 6) is 0.306. The number of unbranched alkanes of at least 4 members (excludes halogenated alkanes) is 1. The van der Waals surface area contributed by atoms with E-state index in [-0.39, 0.29) is 12.1 Å². The molecule has 1 fully saturated rings. The molecule has 0 spiro atoms. The number of carbonyl (C=O) groups is 3. The molecule has 1 aromatic carbocycles. The molecule has 1 aromatic rings. The minimum atomic E-state index is -0.745. The highest BCUT2D eigenvalue weighted by Gasteiger charge is 2.30. The van der Waals surface area contributed by atoms with Crippen molar-refractivity contribution in [2.75, 3.05) is 14.2 Å². The van der Waals surface area contributed by atoms with Gasteiger partial charge in [0.15, 0.2) is 11.5 Å². The zero-order valence-corrected chi connectivity index (χ0v) is 19.0. The van der Waals surface area contributed by atoms with Crippen LogP contribution in [0.15, 0.2) is 23.9 Å². The van der Waals surface area contributed by atoms with E-state index >= 15 is 0 Å². The minimum Gasteiger partial charge on any atom is -0.496 e. The molecule has 0 bridgehead atoms. The summed E-state index contributed by atoms with van der Waals surface area (Å²) in [6, 6.07) is 5.25. The number of nitrogens with one attached hydrogen (secondary N) is 2. The number of hydrogen-bond donors (Lipinski definition) is 3. The van der Waals surface area contributed by atoms with E-state index in [2.05, 4.69) is 24.5 Å². The summed E-state index contributed by atoms with van der Waals surface area (Å²) in [6.07, 6.45) is 5.79. The topological polar surface area (TPSA) is 114 Å². The molecule has 0 radical (unpaired) electrons. The molecule has 1 aliphatic heterocycles. The molecule has 1 aliphatic rings. The van der Waals surface area contributed by atoms with Crippen molar-refractivity contribution >= 4 is 23.7 Å². The van der Waals surface area contributed by atoms with E-state index < -0.39 is 17.9 Å². The minimum absolute atomic E-state index is 0.103. The molecule has 3 amide bonds. The number of amides is 3. The van der Waals surface area contributed by atoms with Gasteiger partial charge in [0.05, 0.1) is 19.8 Å². The maximum Gasteiger partial charge on any atom is 0.326 e. The van der Waals surface area contributed by atoms with Gasteiger partial charge in [-0.15, -0.1) is 0 Å². The molecular formula is C23H34N2O6. The van der Waals surface area contributed by atoms with E-state index in [1.54, 1.807) is 14.0 Å². The number of aliphatic carboxylic acids is 1. The fourth-order valence-electron chi connectivity index (χ4n) is 3.29. The summed E-state index contributed by atoms with van der Waals surface area (Å²) in [5, 5.41) is 12.4. The van der Waals surface area contributed by atoms with Crippen LogP contribution in [0, 0.1) is 5.92 Å². The molecule has 3 N–H and O–H groups in total. The van der Waals surface area contributed by atoms with E-state index in [0.29, 0.717) is 23.0 Å². The van der Waals surface area contributed by atoms with Crippen LogP contribution < -0.4 is 15.4 Å². The number of rotatable bonds is 10. The van der Waals surface area contributed by atoms with Gasteiger partial charge in [0, 0.05) is 6.42 Å². The molecule has 0 aliphatic carbocycles. The standard InChI is InChI=1S/C20H28N2O4.C3H6O2/c1-5-7-9-13(6-2)12-14-10-8-11-15(17(14)25-3)18(26-4)16-19(23)22-20(24)21-16;1-2-3(4)5/h8,10-11,13H,5-7,9,12H2,1-4H3,(H2,21,22,23,24);2H2,1H3,(H,4,5). The van der Waals surface area contributed by atoms with Gasteiger partial charge in [-0.25, -0.2) is 4.79 Å². The number of hydrogen-bond acceptors (Lipinski definition) is 5. The average Bonchev–Trinajstić information content (AvgIpc) is 3.09. The molecular weight excluding hydrogens is 400 g/mol. The van der Waals surface area contributed by atoms with E-state index in [1.165, 1.54) is 26.4 Å². The third kappa shape index (κ3) is 7.62. The van der Waals surface area contributed by atoms with Crippen LogP contribution in [0.2, 0.25) is 0 Å². The lowest BCUT2D eigenvalue weighted by Crippen LogP contribution is -2.22. The Morgan fingerprint density at radius 1 is 1.13 bits per heavy atom. The number of para-hydroxylation sites is 1. The Labute approximate surface area is 184 Å². The van der Waals surface area contributed by atoms with Gasteiger partial charge in [-0.2, -0.15) is 0 Å². The van der Waals surface area contributed by atoms with Crippen LogP contribution in [0.3, 0.4) is 0 Å². The second-order valence-corrected chi connectivity index (χ2v) is 7.18. The van der Waals surface area contributed by atoms with Crippen LogP contribution in [0.4, 0.5) is 4.79 Å². The normalized spacial score (nSPS) is 15.3. The zero-order valence-electron chi connectivity index (χ0n) is 19.0. The van der Waals surface area contributed by atoms with Crippen molar-refractivity contribution in [2.45, 2.75) is 59.3 Å². The predicted octanol–water partition coefficient (Wildman–Crippen LogP) is 4.09. The van der Waals surface area contributed by atoms with E-state index in [4.69, 9.17) is 14.6 Å². The monoisotopic (exact) mass is 434 g/mol. The van der Waals surface area contributed by atoms with Gasteiger partial charge in [-0.05, 0) is 24.0 Å². The van der Waals surface area contributed by atoms with Gasteiger partial charge >= 0.3 is 12.0 Å². The van der Waals surface area contributed by atoms with Crippen LogP contribution >= 0.6 is 0 Å². The number of urea groups is 1. The lowest BCUT2D eigenvalue weighted by atomic mass is 9.90. The largest absolute Gasteiger partial charge is 0.496 e. The van der Waals surface area contributed by atoms with Gasteiger partial charge in [-0.3, -0.25) is 20.2 Å². The van der Waals surface area contributed by atoms with Crippen LogP contribution in [0.5, 0.6) is 5.75 Å². The predicted molar refractivity (Wildman–Crippen MR) is 119 cm³/mol. The van der Waals surface area contributed by atoms with Crippen molar-refractivity contribution in [2.24, 2.45) is 5.92 Å². The molecule has 1 atom stereocenters. The second kappa shape index (κ2) is 13.3. The van der Waals surface area contributed by atoms with Crippen LogP contribution in [0.25, 0.3) is 5.76 Å². The van der Waals surface area contributed by atoms with Gasteiger partial charge in [0.25, 0.3) is 5.91 Å². The van der Waals surface area contributed by atoms with E-state index in [0.717, 1.165) is 18.4 Å². The highest BCUT2D eigenvalue weighted by Crippen LogP contribution is 2.34. The van der Waals surface area contributed by atoms with Gasteiger partial charge in [-0.1, -0.05) is 58.6 Å². The molecule has 1 heterocycles. The smallest absolute Gasteiger partial charge is 0.326 e. The average molecular weight is 435 g/mol. The molecule has 1 unspecified atom stereocenters. The summed E-state index contributed by atoms with van der Waals surface area (Å²) in [4.78, 5) is 32.8. The van der Waals surface area contributed by atoms with Crippen molar-refractivity contribution in [3.8, 4) is 5.75 Å². The fourth-order valence-corrected chi connectivity index (χ4v) is 3.29. The van der Waals surface area contributed by atoms with Crippen LogP contribution in [0.1, 0.15) is 64.0 Å². The van der Waals surface area contributed by atoms with E-state index in [1.807, 2.05) is 18.2 Å². The van der Waals surface area contributed by atoms with Crippen molar-refractivity contribution in [1.82, 2.24) is 10.6 Å². The van der Waals surface area contributed by atoms with Gasteiger partial charge in [0.1, 0.15) is 5.75 Å². The molecule has 31 heavy (non-hydrogen) atoms. The molecule has 8 heteroatoms. The van der Waals surface area contributed by atoms with Crippen LogP contribution in [-0.4, -0.2) is 37.2 Å². The van der Waals surface area contributed by atoms with Crippen molar-refractivity contribution < 1.29 is 29.0 Å². The SMILES string of the molecule is CCC(=O)O.CCCCC(CC)Cc1cccc(C(OC)=C2NC(=O)NC2=O)c1OC. The summed E-state index contributed by atoms with van der Waals surface area (Å²) in [7, 11) is 3.09. The number of carbonyl (C=O) groups excluding carboxylic acids is 2. The number of carboxylic acids is 1. The molecule has 1 saturated heterocycles. The highest BCUT2D eigenvalue weighted by atomic mass is 16.5. The first-order valence-corrected chi connectivity index (χ1v) is 10.6. The Morgan fingerprint density at radius 3 is 2.26 bits per heavy atom. The Balaban J connectivity index is 0.000000861. The third-order valence-electron chi connectivity index (χ3n) is 5.02. The van der Waals surface area contributed by atoms with Gasteiger partial charge < -0.3 is 14.6 Å². The number of methoxy groups -OCH3 is 2. The Kier molecular flexibility index (Phi) is 11.2. The number of carboxylic acid groups (broad SMARTS) is 1. The summed E-state index contributed by atoms with van der Waals surface area (Å²) in [5.41, 5.74) is 1.84. The molecule has 8 nitrogen and oxygen atoms in total. The number of imide groups is 1. The van der Waals surface area contributed by atoms with Crippen LogP contribution in [-0.2, 0) is 20.7 Å². The molecule has 2 rings (SSSR count). The third-order valence-corrected chi connectivity index (χ3v) is 5.02. The Bertz CT molecular complexity index is 803. The summed E-state index contributed by atoms with van der Waals surface area (Å²) in [6.45, 7) is 6.01. The summed E-state index contributed by atoms with van der Waals surface area (Å²) < 4.78 is 11.1. The van der Waals surface area contributed by atoms with Crippen molar-refractivity contribution in [1.29, 1.82) is 0 Å². The first kappa shape index (κ1) is 26.0. The first-order valence-electron chi connectivity index (χ1n) is 10.6. The quantitative estimate of drug-likeness (QED) is 0.290. The fraction of sp³-hybridized carbons (Fsp3) is 0.522. The zero-order chi connectivity index (χ0) is 23.4. The van der Waals surface area contributed by atoms with Gasteiger partial charge in [0.2, 0.25) is 0 Å². The maximum absolute atomic E-state index is 12.0. The highest BCUT2D eigenvalue weighted by molar-refractivity contribution is 6.15. The number of ether oxygens (including phenoxy) is 2. The first-order chi connectivity index (χ1) is 14.8. The second-order valence-electron chi connectivity index (χ2n) is 7.18.